The molecule has 0 spiro atoms. The topological polar surface area (TPSA) is 9.23 Å². The maximum Gasteiger partial charge on any atom is 0.129 e. The van der Waals surface area contributed by atoms with Gasteiger partial charge in [-0.15, -0.1) is 0 Å². The van der Waals surface area contributed by atoms with Crippen molar-refractivity contribution in [2.45, 2.75) is 38.2 Å². The van der Waals surface area contributed by atoms with Crippen molar-refractivity contribution in [3.8, 4) is 11.1 Å². The largest absolute Gasteiger partial charge is 0.362 e. The molecule has 0 fully saturated rings. The highest BCUT2D eigenvalue weighted by atomic mass is 16.5. The lowest BCUT2D eigenvalue weighted by molar-refractivity contribution is 0.0214. The first-order chi connectivity index (χ1) is 11.8. The van der Waals surface area contributed by atoms with Crippen LogP contribution >= 0.6 is 0 Å². The molecule has 1 radical (unpaired) electrons. The minimum absolute atomic E-state index is 0.408. The monoisotopic (exact) mass is 317 g/mol. The van der Waals surface area contributed by atoms with Gasteiger partial charge in [-0.05, 0) is 47.8 Å². The van der Waals surface area contributed by atoms with Crippen LogP contribution < -0.4 is 0 Å². The molecule has 0 amide bonds. The quantitative estimate of drug-likeness (QED) is 0.444. The normalized spacial score (nSPS) is 15.5. The Balaban J connectivity index is 1.81. The van der Waals surface area contributed by atoms with Crippen molar-refractivity contribution in [3.05, 3.63) is 84.5 Å². The maximum atomic E-state index is 6.33. The van der Waals surface area contributed by atoms with E-state index < -0.39 is 5.60 Å². The predicted octanol–water partition coefficient (Wildman–Crippen LogP) is 6.07. The van der Waals surface area contributed by atoms with Crippen molar-refractivity contribution in [2.75, 3.05) is 6.61 Å². The zero-order valence-corrected chi connectivity index (χ0v) is 14.4. The molecule has 1 aliphatic carbocycles. The molecule has 1 nitrogen and oxygen atoms in total. The van der Waals surface area contributed by atoms with Crippen LogP contribution in [0.4, 0.5) is 0 Å². The Kier molecular flexibility index (Phi) is 5.66. The second-order valence-electron chi connectivity index (χ2n) is 6.26. The van der Waals surface area contributed by atoms with E-state index in [1.807, 2.05) is 12.1 Å². The molecule has 0 saturated carbocycles. The maximum absolute atomic E-state index is 6.33. The summed E-state index contributed by atoms with van der Waals surface area (Å²) in [5.41, 5.74) is 3.22. The van der Waals surface area contributed by atoms with E-state index in [0.717, 1.165) is 19.4 Å². The van der Waals surface area contributed by atoms with Crippen LogP contribution in [0.25, 0.3) is 11.1 Å². The van der Waals surface area contributed by atoms with E-state index in [2.05, 4.69) is 73.7 Å². The van der Waals surface area contributed by atoms with Crippen LogP contribution in [-0.2, 0) is 10.3 Å². The Morgan fingerprint density at radius 3 is 2.25 bits per heavy atom. The van der Waals surface area contributed by atoms with E-state index in [1.165, 1.54) is 29.5 Å². The molecule has 0 heterocycles. The van der Waals surface area contributed by atoms with Crippen LogP contribution in [0.3, 0.4) is 0 Å². The zero-order chi connectivity index (χ0) is 16.7. The molecule has 0 aromatic heterocycles. The summed E-state index contributed by atoms with van der Waals surface area (Å²) < 4.78 is 6.33. The first-order valence-corrected chi connectivity index (χ1v) is 8.90. The van der Waals surface area contributed by atoms with E-state index in [4.69, 9.17) is 4.74 Å². The van der Waals surface area contributed by atoms with E-state index in [9.17, 15) is 0 Å². The predicted molar refractivity (Wildman–Crippen MR) is 101 cm³/mol. The highest BCUT2D eigenvalue weighted by Gasteiger charge is 2.28. The molecule has 24 heavy (non-hydrogen) atoms. The summed E-state index contributed by atoms with van der Waals surface area (Å²) in [5, 5.41) is 0. The molecule has 1 aliphatic rings. The smallest absolute Gasteiger partial charge is 0.129 e. The molecule has 1 heteroatoms. The van der Waals surface area contributed by atoms with E-state index in [1.54, 1.807) is 0 Å². The number of ether oxygens (including phenoxy) is 1. The van der Waals surface area contributed by atoms with Gasteiger partial charge < -0.3 is 4.74 Å². The molecule has 0 aliphatic heterocycles. The molecule has 0 saturated heterocycles. The molecule has 2 aromatic rings. The second-order valence-corrected chi connectivity index (χ2v) is 6.26. The Labute approximate surface area is 145 Å². The molecule has 0 N–H and O–H groups in total. The van der Waals surface area contributed by atoms with Gasteiger partial charge in [-0.3, -0.25) is 0 Å². The van der Waals surface area contributed by atoms with Gasteiger partial charge >= 0.3 is 0 Å². The number of hydrogen-bond donors (Lipinski definition) is 0. The third-order valence-electron chi connectivity index (χ3n) is 4.48. The lowest BCUT2D eigenvalue weighted by atomic mass is 9.88. The van der Waals surface area contributed by atoms with Crippen molar-refractivity contribution in [1.29, 1.82) is 0 Å². The van der Waals surface area contributed by atoms with E-state index in [-0.39, 0.29) is 0 Å². The third kappa shape index (κ3) is 3.85. The van der Waals surface area contributed by atoms with Crippen LogP contribution in [0.1, 0.15) is 38.2 Å². The lowest BCUT2D eigenvalue weighted by Crippen LogP contribution is -2.26. The molecular weight excluding hydrogens is 292 g/mol. The van der Waals surface area contributed by atoms with Crippen LogP contribution in [0.2, 0.25) is 0 Å². The SMILES string of the molecule is CCCCCOC1(c2ccc(-c3cc[c]cc3)cc2)C=CCC=C1. The average Bonchev–Trinajstić information content (AvgIpc) is 2.67. The van der Waals surface area contributed by atoms with Gasteiger partial charge in [0.15, 0.2) is 0 Å². The van der Waals surface area contributed by atoms with Crippen LogP contribution in [0.15, 0.2) is 72.8 Å². The van der Waals surface area contributed by atoms with Gasteiger partial charge in [-0.2, -0.15) is 0 Å². The van der Waals surface area contributed by atoms with Crippen molar-refractivity contribution in [3.63, 3.8) is 0 Å². The van der Waals surface area contributed by atoms with E-state index in [0.29, 0.717) is 0 Å². The summed E-state index contributed by atoms with van der Waals surface area (Å²) in [6.07, 6.45) is 13.3. The van der Waals surface area contributed by atoms with E-state index >= 15 is 0 Å². The second kappa shape index (κ2) is 8.12. The van der Waals surface area contributed by atoms with Crippen molar-refractivity contribution >= 4 is 0 Å². The zero-order valence-electron chi connectivity index (χ0n) is 14.4. The van der Waals surface area contributed by atoms with Crippen molar-refractivity contribution < 1.29 is 4.74 Å². The first-order valence-electron chi connectivity index (χ1n) is 8.90. The van der Waals surface area contributed by atoms with Gasteiger partial charge in [0.05, 0.1) is 0 Å². The lowest BCUT2D eigenvalue weighted by Gasteiger charge is -2.30. The highest BCUT2D eigenvalue weighted by molar-refractivity contribution is 5.63. The molecule has 123 valence electrons. The third-order valence-corrected chi connectivity index (χ3v) is 4.48. The van der Waals surface area contributed by atoms with Gasteiger partial charge in [0.2, 0.25) is 0 Å². The Morgan fingerprint density at radius 1 is 0.917 bits per heavy atom. The summed E-state index contributed by atoms with van der Waals surface area (Å²) in [7, 11) is 0. The van der Waals surface area contributed by atoms with Crippen molar-refractivity contribution in [2.24, 2.45) is 0 Å². The van der Waals surface area contributed by atoms with Gasteiger partial charge in [0.1, 0.15) is 5.60 Å². The Bertz CT molecular complexity index is 668. The van der Waals surface area contributed by atoms with Crippen LogP contribution in [0.5, 0.6) is 0 Å². The number of rotatable bonds is 7. The first kappa shape index (κ1) is 16.7. The van der Waals surface area contributed by atoms with Gasteiger partial charge in [-0.1, -0.05) is 80.4 Å². The van der Waals surface area contributed by atoms with Gasteiger partial charge in [0.25, 0.3) is 0 Å². The summed E-state index contributed by atoms with van der Waals surface area (Å²) in [6, 6.07) is 19.9. The summed E-state index contributed by atoms with van der Waals surface area (Å²) >= 11 is 0. The molecule has 0 bridgehead atoms. The Morgan fingerprint density at radius 2 is 1.58 bits per heavy atom. The number of benzene rings is 2. The highest BCUT2D eigenvalue weighted by Crippen LogP contribution is 2.33. The average molecular weight is 317 g/mol. The van der Waals surface area contributed by atoms with Gasteiger partial charge in [-0.25, -0.2) is 0 Å². The molecule has 0 atom stereocenters. The molecule has 0 unspecified atom stereocenters. The summed E-state index contributed by atoms with van der Waals surface area (Å²) in [4.78, 5) is 0. The van der Waals surface area contributed by atoms with Crippen LogP contribution in [0, 0.1) is 6.07 Å². The summed E-state index contributed by atoms with van der Waals surface area (Å²) in [6.45, 7) is 3.01. The number of allylic oxidation sites excluding steroid dienone is 2. The number of unbranched alkanes of at least 4 members (excludes halogenated alkanes) is 2. The molecular formula is C23H25O. The standard InChI is InChI=1S/C23H25O/c1-2-3-10-19-24-23(17-8-5-9-18-23)22-15-13-21(14-16-22)20-11-6-4-7-12-20/h6-9,11-18H,2-3,5,10,19H2,1H3. The fourth-order valence-corrected chi connectivity index (χ4v) is 3.09. The van der Waals surface area contributed by atoms with Gasteiger partial charge in [0, 0.05) is 6.61 Å². The Hall–Kier alpha value is -2.12. The van der Waals surface area contributed by atoms with Crippen LogP contribution in [-0.4, -0.2) is 6.61 Å². The molecule has 3 rings (SSSR count). The fourth-order valence-electron chi connectivity index (χ4n) is 3.09. The number of hydrogen-bond acceptors (Lipinski definition) is 1. The minimum Gasteiger partial charge on any atom is -0.362 e. The summed E-state index contributed by atoms with van der Waals surface area (Å²) in [5.74, 6) is 0. The molecule has 2 aromatic carbocycles. The fraction of sp³-hybridized carbons (Fsp3) is 0.304. The van der Waals surface area contributed by atoms with Crippen molar-refractivity contribution in [1.82, 2.24) is 0 Å². The minimum atomic E-state index is -0.408.